The number of phenolic OH excluding ortho intramolecular Hbond substituents is 1. The molecule has 0 saturated carbocycles. The van der Waals surface area contributed by atoms with Gasteiger partial charge in [0.1, 0.15) is 4.90 Å². The van der Waals surface area contributed by atoms with Crippen LogP contribution in [0.3, 0.4) is 0 Å². The average Bonchev–Trinajstić information content (AvgIpc) is 2.45. The van der Waals surface area contributed by atoms with E-state index in [2.05, 4.69) is 4.72 Å². The molecule has 2 rings (SSSR count). The second-order valence-electron chi connectivity index (χ2n) is 5.31. The number of sulfonamides is 1. The van der Waals surface area contributed by atoms with Gasteiger partial charge in [0.15, 0.2) is 5.75 Å². The number of aromatic hydroxyl groups is 1. The van der Waals surface area contributed by atoms with Gasteiger partial charge < -0.3 is 5.11 Å². The molecule has 0 amide bonds. The Morgan fingerprint density at radius 3 is 2.48 bits per heavy atom. The predicted octanol–water partition coefficient (Wildman–Crippen LogP) is 3.84. The number of rotatable bonds is 5. The van der Waals surface area contributed by atoms with E-state index in [9.17, 15) is 13.5 Å². The molecule has 0 saturated heterocycles. The Kier molecular flexibility index (Phi) is 5.57. The SMILES string of the molecule is Cc1ccc(CCNS(=O)(=O)c2cc(Cl)cc(Cl)c2O)c(C)c1. The first-order valence-corrected chi connectivity index (χ1v) is 9.18. The molecule has 0 unspecified atom stereocenters. The van der Waals surface area contributed by atoms with E-state index in [0.29, 0.717) is 6.42 Å². The van der Waals surface area contributed by atoms with Crippen LogP contribution in [0, 0.1) is 13.8 Å². The van der Waals surface area contributed by atoms with Crippen LogP contribution in [0.25, 0.3) is 0 Å². The zero-order chi connectivity index (χ0) is 17.2. The molecule has 0 atom stereocenters. The normalized spacial score (nSPS) is 11.7. The van der Waals surface area contributed by atoms with E-state index < -0.39 is 15.8 Å². The molecule has 0 aromatic heterocycles. The summed E-state index contributed by atoms with van der Waals surface area (Å²) in [7, 11) is -3.90. The van der Waals surface area contributed by atoms with Crippen LogP contribution in [0.1, 0.15) is 16.7 Å². The van der Waals surface area contributed by atoms with E-state index >= 15 is 0 Å². The molecule has 7 heteroatoms. The minimum Gasteiger partial charge on any atom is -0.505 e. The lowest BCUT2D eigenvalue weighted by atomic mass is 10.0. The minimum absolute atomic E-state index is 0.104. The fraction of sp³-hybridized carbons (Fsp3) is 0.250. The summed E-state index contributed by atoms with van der Waals surface area (Å²) in [6, 6.07) is 8.47. The number of benzene rings is 2. The summed E-state index contributed by atoms with van der Waals surface area (Å²) in [6.45, 7) is 4.19. The fourth-order valence-corrected chi connectivity index (χ4v) is 4.06. The molecule has 0 fully saturated rings. The Balaban J connectivity index is 2.13. The van der Waals surface area contributed by atoms with E-state index in [-0.39, 0.29) is 21.5 Å². The van der Waals surface area contributed by atoms with Crippen LogP contribution in [0.15, 0.2) is 35.2 Å². The maximum absolute atomic E-state index is 12.3. The molecular formula is C16H17Cl2NO3S. The Morgan fingerprint density at radius 1 is 1.13 bits per heavy atom. The molecular weight excluding hydrogens is 357 g/mol. The molecule has 0 radical (unpaired) electrons. The number of nitrogens with one attached hydrogen (secondary N) is 1. The molecule has 23 heavy (non-hydrogen) atoms. The molecule has 0 aliphatic heterocycles. The number of halogens is 2. The highest BCUT2D eigenvalue weighted by Crippen LogP contribution is 2.33. The third-order valence-corrected chi connectivity index (χ3v) is 5.45. The van der Waals surface area contributed by atoms with Gasteiger partial charge in [-0.2, -0.15) is 0 Å². The summed E-state index contributed by atoms with van der Waals surface area (Å²) >= 11 is 11.6. The zero-order valence-corrected chi connectivity index (χ0v) is 15.1. The third-order valence-electron chi connectivity index (χ3n) is 3.47. The van der Waals surface area contributed by atoms with Crippen LogP contribution in [0.2, 0.25) is 10.0 Å². The van der Waals surface area contributed by atoms with Crippen molar-refractivity contribution in [1.82, 2.24) is 4.72 Å². The lowest BCUT2D eigenvalue weighted by Crippen LogP contribution is -2.26. The summed E-state index contributed by atoms with van der Waals surface area (Å²) < 4.78 is 27.1. The van der Waals surface area contributed by atoms with Gasteiger partial charge in [-0.25, -0.2) is 13.1 Å². The van der Waals surface area contributed by atoms with E-state index in [0.717, 1.165) is 16.7 Å². The van der Waals surface area contributed by atoms with Gasteiger partial charge in [-0.05, 0) is 43.5 Å². The maximum Gasteiger partial charge on any atom is 0.244 e. The quantitative estimate of drug-likeness (QED) is 0.836. The molecule has 0 spiro atoms. The van der Waals surface area contributed by atoms with Gasteiger partial charge in [-0.3, -0.25) is 0 Å². The lowest BCUT2D eigenvalue weighted by Gasteiger charge is -2.11. The molecule has 124 valence electrons. The van der Waals surface area contributed by atoms with Crippen molar-refractivity contribution in [3.05, 3.63) is 57.1 Å². The number of hydrogen-bond donors (Lipinski definition) is 2. The van der Waals surface area contributed by atoms with Crippen LogP contribution < -0.4 is 4.72 Å². The number of hydrogen-bond acceptors (Lipinski definition) is 3. The standard InChI is InChI=1S/C16H17Cl2NO3S/c1-10-3-4-12(11(2)7-10)5-6-19-23(21,22)15-9-13(17)8-14(18)16(15)20/h3-4,7-9,19-20H,5-6H2,1-2H3. The van der Waals surface area contributed by atoms with Gasteiger partial charge >= 0.3 is 0 Å². The summed E-state index contributed by atoms with van der Waals surface area (Å²) in [4.78, 5) is -0.323. The van der Waals surface area contributed by atoms with Crippen LogP contribution >= 0.6 is 23.2 Å². The van der Waals surface area contributed by atoms with Gasteiger partial charge in [0.05, 0.1) is 5.02 Å². The van der Waals surface area contributed by atoms with Crippen molar-refractivity contribution in [3.8, 4) is 5.75 Å². The summed E-state index contributed by atoms with van der Waals surface area (Å²) in [5, 5.41) is 9.88. The van der Waals surface area contributed by atoms with Crippen molar-refractivity contribution < 1.29 is 13.5 Å². The summed E-state index contributed by atoms with van der Waals surface area (Å²) in [6.07, 6.45) is 0.542. The monoisotopic (exact) mass is 373 g/mol. The van der Waals surface area contributed by atoms with E-state index in [1.54, 1.807) is 0 Å². The van der Waals surface area contributed by atoms with Gasteiger partial charge in [0.25, 0.3) is 0 Å². The highest BCUT2D eigenvalue weighted by Gasteiger charge is 2.21. The average molecular weight is 374 g/mol. The van der Waals surface area contributed by atoms with Gasteiger partial charge in [0, 0.05) is 11.6 Å². The molecule has 4 nitrogen and oxygen atoms in total. The Hall–Kier alpha value is -1.27. The minimum atomic E-state index is -3.90. The Bertz CT molecular complexity index is 835. The molecule has 0 heterocycles. The Labute approximate surface area is 146 Å². The van der Waals surface area contributed by atoms with Crippen LogP contribution in [0.4, 0.5) is 0 Å². The largest absolute Gasteiger partial charge is 0.505 e. The van der Waals surface area contributed by atoms with Crippen molar-refractivity contribution in [3.63, 3.8) is 0 Å². The zero-order valence-electron chi connectivity index (χ0n) is 12.7. The second-order valence-corrected chi connectivity index (χ2v) is 7.89. The maximum atomic E-state index is 12.3. The van der Waals surface area contributed by atoms with Gasteiger partial charge in [-0.15, -0.1) is 0 Å². The van der Waals surface area contributed by atoms with Crippen molar-refractivity contribution >= 4 is 33.2 Å². The third kappa shape index (κ3) is 4.38. The van der Waals surface area contributed by atoms with Crippen molar-refractivity contribution in [1.29, 1.82) is 0 Å². The molecule has 2 aromatic rings. The van der Waals surface area contributed by atoms with E-state index in [4.69, 9.17) is 23.2 Å². The van der Waals surface area contributed by atoms with Crippen LogP contribution in [-0.2, 0) is 16.4 Å². The first-order chi connectivity index (χ1) is 10.7. The van der Waals surface area contributed by atoms with Gasteiger partial charge in [0.2, 0.25) is 10.0 Å². The Morgan fingerprint density at radius 2 is 1.83 bits per heavy atom. The molecule has 2 aromatic carbocycles. The van der Waals surface area contributed by atoms with Crippen molar-refractivity contribution in [2.75, 3.05) is 6.54 Å². The first-order valence-electron chi connectivity index (χ1n) is 6.94. The van der Waals surface area contributed by atoms with Gasteiger partial charge in [-0.1, -0.05) is 47.0 Å². The predicted molar refractivity (Wildman–Crippen MR) is 92.9 cm³/mol. The first kappa shape index (κ1) is 18.1. The fourth-order valence-electron chi connectivity index (χ4n) is 2.27. The summed E-state index contributed by atoms with van der Waals surface area (Å²) in [5.74, 6) is -0.505. The molecule has 0 bridgehead atoms. The second kappa shape index (κ2) is 7.09. The van der Waals surface area contributed by atoms with E-state index in [1.165, 1.54) is 12.1 Å². The molecule has 0 aliphatic carbocycles. The van der Waals surface area contributed by atoms with Crippen molar-refractivity contribution in [2.24, 2.45) is 0 Å². The smallest absolute Gasteiger partial charge is 0.244 e. The summed E-state index contributed by atoms with van der Waals surface area (Å²) in [5.41, 5.74) is 3.33. The number of aryl methyl sites for hydroxylation is 2. The molecule has 2 N–H and O–H groups in total. The number of phenols is 1. The highest BCUT2D eigenvalue weighted by atomic mass is 35.5. The van der Waals surface area contributed by atoms with Crippen LogP contribution in [-0.4, -0.2) is 20.1 Å². The van der Waals surface area contributed by atoms with E-state index in [1.807, 2.05) is 32.0 Å². The molecule has 0 aliphatic rings. The lowest BCUT2D eigenvalue weighted by molar-refractivity contribution is 0.458. The van der Waals surface area contributed by atoms with Crippen LogP contribution in [0.5, 0.6) is 5.75 Å². The highest BCUT2D eigenvalue weighted by molar-refractivity contribution is 7.89. The van der Waals surface area contributed by atoms with Crippen molar-refractivity contribution in [2.45, 2.75) is 25.2 Å². The topological polar surface area (TPSA) is 66.4 Å².